The van der Waals surface area contributed by atoms with Gasteiger partial charge in [0, 0.05) is 6.54 Å². The topological polar surface area (TPSA) is 94.1 Å². The van der Waals surface area contributed by atoms with E-state index in [2.05, 4.69) is 5.32 Å². The van der Waals surface area contributed by atoms with Gasteiger partial charge in [-0.2, -0.15) is 0 Å². The SMILES string of the molecule is CCOP(=O)(OCC)C1NCCOC=C1C(=O)c1cc(C)ccc1O. The third-order valence-electron chi connectivity index (χ3n) is 3.66. The van der Waals surface area contributed by atoms with Crippen molar-refractivity contribution in [1.82, 2.24) is 5.32 Å². The number of ketones is 1. The molecule has 0 aliphatic carbocycles. The fourth-order valence-corrected chi connectivity index (χ4v) is 4.53. The number of Topliss-reactive ketones (excluding diaryl/α,β-unsaturated/α-hetero) is 1. The molecule has 138 valence electrons. The zero-order chi connectivity index (χ0) is 18.4. The van der Waals surface area contributed by atoms with E-state index in [1.54, 1.807) is 26.0 Å². The molecule has 7 nitrogen and oxygen atoms in total. The summed E-state index contributed by atoms with van der Waals surface area (Å²) in [5.41, 5.74) is 1.03. The van der Waals surface area contributed by atoms with Crippen molar-refractivity contribution in [2.45, 2.75) is 26.6 Å². The molecule has 0 saturated heterocycles. The highest BCUT2D eigenvalue weighted by atomic mass is 31.2. The highest BCUT2D eigenvalue weighted by molar-refractivity contribution is 7.55. The summed E-state index contributed by atoms with van der Waals surface area (Å²) < 4.78 is 29.3. The molecule has 25 heavy (non-hydrogen) atoms. The number of aryl methyl sites for hydroxylation is 1. The Labute approximate surface area is 147 Å². The van der Waals surface area contributed by atoms with Gasteiger partial charge in [-0.05, 0) is 32.9 Å². The molecular weight excluding hydrogens is 345 g/mol. The molecule has 8 heteroatoms. The first kappa shape index (κ1) is 19.7. The van der Waals surface area contributed by atoms with Crippen LogP contribution in [0.5, 0.6) is 5.75 Å². The van der Waals surface area contributed by atoms with Crippen LogP contribution in [0.3, 0.4) is 0 Å². The number of ether oxygens (including phenoxy) is 1. The van der Waals surface area contributed by atoms with E-state index in [4.69, 9.17) is 13.8 Å². The lowest BCUT2D eigenvalue weighted by Gasteiger charge is -2.27. The van der Waals surface area contributed by atoms with Crippen LogP contribution in [-0.4, -0.2) is 43.0 Å². The van der Waals surface area contributed by atoms with Gasteiger partial charge >= 0.3 is 7.60 Å². The van der Waals surface area contributed by atoms with Crippen LogP contribution in [0.2, 0.25) is 0 Å². The molecular formula is C17H24NO6P. The average Bonchev–Trinajstić information content (AvgIpc) is 2.83. The van der Waals surface area contributed by atoms with E-state index in [1.807, 2.05) is 6.92 Å². The van der Waals surface area contributed by atoms with E-state index in [0.29, 0.717) is 13.2 Å². The summed E-state index contributed by atoms with van der Waals surface area (Å²) in [4.78, 5) is 13.0. The Morgan fingerprint density at radius 3 is 2.68 bits per heavy atom. The molecule has 1 aromatic carbocycles. The normalized spacial score (nSPS) is 18.2. The molecule has 0 amide bonds. The Balaban J connectivity index is 2.46. The molecule has 1 unspecified atom stereocenters. The highest BCUT2D eigenvalue weighted by Gasteiger charge is 2.42. The minimum atomic E-state index is -3.64. The van der Waals surface area contributed by atoms with E-state index in [0.717, 1.165) is 5.56 Å². The van der Waals surface area contributed by atoms with Gasteiger partial charge < -0.3 is 18.9 Å². The van der Waals surface area contributed by atoms with Crippen LogP contribution in [0.25, 0.3) is 0 Å². The number of phenols is 1. The minimum Gasteiger partial charge on any atom is -0.507 e. The Morgan fingerprint density at radius 1 is 1.36 bits per heavy atom. The summed E-state index contributed by atoms with van der Waals surface area (Å²) in [6, 6.07) is 4.73. The summed E-state index contributed by atoms with van der Waals surface area (Å²) in [6.07, 6.45) is 1.28. The van der Waals surface area contributed by atoms with Crippen molar-refractivity contribution in [3.8, 4) is 5.75 Å². The van der Waals surface area contributed by atoms with E-state index in [-0.39, 0.29) is 30.1 Å². The van der Waals surface area contributed by atoms with Crippen molar-refractivity contribution in [2.24, 2.45) is 0 Å². The summed E-state index contributed by atoms with van der Waals surface area (Å²) >= 11 is 0. The molecule has 1 atom stereocenters. The molecule has 1 aliphatic rings. The molecule has 0 radical (unpaired) electrons. The predicted octanol–water partition coefficient (Wildman–Crippen LogP) is 2.98. The van der Waals surface area contributed by atoms with Gasteiger partial charge in [0.25, 0.3) is 0 Å². The maximum atomic E-state index is 13.2. The van der Waals surface area contributed by atoms with Crippen LogP contribution in [-0.2, 0) is 18.3 Å². The zero-order valence-corrected chi connectivity index (χ0v) is 15.5. The second-order valence-electron chi connectivity index (χ2n) is 5.53. The van der Waals surface area contributed by atoms with Gasteiger partial charge in [0.05, 0.1) is 37.2 Å². The largest absolute Gasteiger partial charge is 0.507 e. The lowest BCUT2D eigenvalue weighted by molar-refractivity contribution is 0.102. The number of rotatable bonds is 7. The Hall–Kier alpha value is -1.66. The van der Waals surface area contributed by atoms with Crippen molar-refractivity contribution < 1.29 is 28.3 Å². The third kappa shape index (κ3) is 4.50. The van der Waals surface area contributed by atoms with Crippen molar-refractivity contribution in [3.63, 3.8) is 0 Å². The lowest BCUT2D eigenvalue weighted by Crippen LogP contribution is -2.35. The zero-order valence-electron chi connectivity index (χ0n) is 14.7. The van der Waals surface area contributed by atoms with Gasteiger partial charge in [-0.15, -0.1) is 0 Å². The number of phenolic OH excluding ortho intramolecular Hbond substituents is 1. The molecule has 1 aromatic rings. The van der Waals surface area contributed by atoms with E-state index in [1.165, 1.54) is 12.3 Å². The molecule has 1 aliphatic heterocycles. The standard InChI is InChI=1S/C17H24NO6P/c1-4-23-25(21,24-5-2)17-14(11-22-9-8-18-17)16(20)13-10-12(3)6-7-15(13)19/h6-7,10-11,17-19H,4-5,8-9H2,1-3H3. The third-order valence-corrected chi connectivity index (χ3v) is 5.99. The van der Waals surface area contributed by atoms with Crippen molar-refractivity contribution in [2.75, 3.05) is 26.4 Å². The van der Waals surface area contributed by atoms with Gasteiger partial charge in [-0.3, -0.25) is 14.7 Å². The van der Waals surface area contributed by atoms with Gasteiger partial charge in [0.2, 0.25) is 0 Å². The monoisotopic (exact) mass is 369 g/mol. The minimum absolute atomic E-state index is 0.101. The number of hydrogen-bond donors (Lipinski definition) is 2. The summed E-state index contributed by atoms with van der Waals surface area (Å²) in [5.74, 6) is -1.61. The Kier molecular flexibility index (Phi) is 6.79. The van der Waals surface area contributed by atoms with Crippen molar-refractivity contribution in [3.05, 3.63) is 41.2 Å². The predicted molar refractivity (Wildman–Crippen MR) is 93.9 cm³/mol. The second-order valence-corrected chi connectivity index (χ2v) is 7.64. The molecule has 0 spiro atoms. The highest BCUT2D eigenvalue weighted by Crippen LogP contribution is 2.55. The first-order valence-corrected chi connectivity index (χ1v) is 9.82. The van der Waals surface area contributed by atoms with Crippen LogP contribution in [0.4, 0.5) is 0 Å². The first-order chi connectivity index (χ1) is 11.9. The van der Waals surface area contributed by atoms with Gasteiger partial charge in [-0.25, -0.2) is 0 Å². The molecule has 0 fully saturated rings. The quantitative estimate of drug-likeness (QED) is 0.564. The van der Waals surface area contributed by atoms with Gasteiger partial charge in [0.1, 0.15) is 11.5 Å². The maximum absolute atomic E-state index is 13.2. The summed E-state index contributed by atoms with van der Waals surface area (Å²) in [7, 11) is -3.64. The average molecular weight is 369 g/mol. The number of benzene rings is 1. The van der Waals surface area contributed by atoms with Crippen LogP contribution >= 0.6 is 7.60 Å². The number of hydrogen-bond acceptors (Lipinski definition) is 7. The van der Waals surface area contributed by atoms with E-state index < -0.39 is 19.2 Å². The number of nitrogens with one attached hydrogen (secondary N) is 1. The molecule has 2 rings (SSSR count). The molecule has 0 aromatic heterocycles. The van der Waals surface area contributed by atoms with Crippen LogP contribution < -0.4 is 5.32 Å². The first-order valence-electron chi connectivity index (χ1n) is 8.21. The lowest BCUT2D eigenvalue weighted by atomic mass is 10.0. The Bertz CT molecular complexity index is 692. The van der Waals surface area contributed by atoms with E-state index in [9.17, 15) is 14.5 Å². The summed E-state index contributed by atoms with van der Waals surface area (Å²) in [6.45, 7) is 6.26. The second kappa shape index (κ2) is 8.63. The fourth-order valence-electron chi connectivity index (χ4n) is 2.57. The molecule has 1 heterocycles. The Morgan fingerprint density at radius 2 is 2.04 bits per heavy atom. The van der Waals surface area contributed by atoms with E-state index >= 15 is 0 Å². The van der Waals surface area contributed by atoms with Crippen LogP contribution in [0, 0.1) is 6.92 Å². The summed E-state index contributed by atoms with van der Waals surface area (Å²) in [5, 5.41) is 13.1. The van der Waals surface area contributed by atoms with Gasteiger partial charge in [-0.1, -0.05) is 11.6 Å². The number of aromatic hydroxyl groups is 1. The van der Waals surface area contributed by atoms with Crippen molar-refractivity contribution in [1.29, 1.82) is 0 Å². The number of carbonyl (C=O) groups is 1. The molecule has 2 N–H and O–H groups in total. The van der Waals surface area contributed by atoms with Gasteiger partial charge in [0.15, 0.2) is 5.78 Å². The molecule has 0 bridgehead atoms. The molecule has 0 saturated carbocycles. The fraction of sp³-hybridized carbons (Fsp3) is 0.471. The number of carbonyl (C=O) groups excluding carboxylic acids is 1. The maximum Gasteiger partial charge on any atom is 0.352 e. The van der Waals surface area contributed by atoms with Crippen molar-refractivity contribution >= 4 is 13.4 Å². The smallest absolute Gasteiger partial charge is 0.352 e. The van der Waals surface area contributed by atoms with Crippen LogP contribution in [0.1, 0.15) is 29.8 Å². The van der Waals surface area contributed by atoms with Crippen LogP contribution in [0.15, 0.2) is 30.0 Å².